The van der Waals surface area contributed by atoms with Crippen LogP contribution in [0.15, 0.2) is 29.4 Å². The fourth-order valence-corrected chi connectivity index (χ4v) is 3.66. The molecule has 0 aliphatic heterocycles. The van der Waals surface area contributed by atoms with Gasteiger partial charge in [-0.25, -0.2) is 5.43 Å². The van der Waals surface area contributed by atoms with Crippen molar-refractivity contribution in [2.75, 3.05) is 0 Å². The molecule has 0 saturated carbocycles. The second kappa shape index (κ2) is 9.49. The predicted molar refractivity (Wildman–Crippen MR) is 128 cm³/mol. The number of nitrogens with zero attached hydrogens (tertiary/aromatic N) is 1. The first kappa shape index (κ1) is 25.0. The Bertz CT molecular complexity index is 968. The van der Waals surface area contributed by atoms with Crippen molar-refractivity contribution in [1.29, 1.82) is 0 Å². The SMILES string of the molecule is CC(C)(C)c1cc(CCC(=O)N/N=C\c2cc(Cl)cc(Cl)c2O)cc(C(C)(C)C)c1O. The molecule has 0 aliphatic rings. The van der Waals surface area contributed by atoms with Crippen LogP contribution in [0.1, 0.15) is 70.2 Å². The lowest BCUT2D eigenvalue weighted by molar-refractivity contribution is -0.121. The largest absolute Gasteiger partial charge is 0.507 e. The third-order valence-corrected chi connectivity index (χ3v) is 5.38. The van der Waals surface area contributed by atoms with E-state index in [-0.39, 0.29) is 33.9 Å². The minimum absolute atomic E-state index is 0.108. The number of halogens is 2. The van der Waals surface area contributed by atoms with Crippen molar-refractivity contribution in [1.82, 2.24) is 5.43 Å². The maximum Gasteiger partial charge on any atom is 0.240 e. The van der Waals surface area contributed by atoms with E-state index in [1.807, 2.05) is 12.1 Å². The lowest BCUT2D eigenvalue weighted by Gasteiger charge is -2.28. The number of nitrogens with one attached hydrogen (secondary N) is 1. The maximum absolute atomic E-state index is 12.3. The van der Waals surface area contributed by atoms with Crippen molar-refractivity contribution in [3.05, 3.63) is 56.6 Å². The maximum atomic E-state index is 12.3. The van der Waals surface area contributed by atoms with Crippen LogP contribution in [0.4, 0.5) is 0 Å². The smallest absolute Gasteiger partial charge is 0.240 e. The highest BCUT2D eigenvalue weighted by Gasteiger charge is 2.26. The Hall–Kier alpha value is -2.24. The molecule has 0 fully saturated rings. The third kappa shape index (κ3) is 6.62. The Kier molecular flexibility index (Phi) is 7.66. The van der Waals surface area contributed by atoms with Gasteiger partial charge in [0, 0.05) is 17.0 Å². The molecule has 0 heterocycles. The van der Waals surface area contributed by atoms with E-state index in [9.17, 15) is 15.0 Å². The quantitative estimate of drug-likeness (QED) is 0.370. The molecule has 3 N–H and O–H groups in total. The van der Waals surface area contributed by atoms with E-state index in [1.165, 1.54) is 18.3 Å². The van der Waals surface area contributed by atoms with E-state index in [0.717, 1.165) is 16.7 Å². The molecule has 0 radical (unpaired) electrons. The molecule has 168 valence electrons. The molecular formula is C24H30Cl2N2O3. The van der Waals surface area contributed by atoms with Gasteiger partial charge in [-0.3, -0.25) is 4.79 Å². The second-order valence-electron chi connectivity index (χ2n) is 9.66. The monoisotopic (exact) mass is 464 g/mol. The highest BCUT2D eigenvalue weighted by atomic mass is 35.5. The number of benzene rings is 2. The van der Waals surface area contributed by atoms with Gasteiger partial charge in [0.1, 0.15) is 11.5 Å². The molecule has 0 saturated heterocycles. The number of carbonyl (C=O) groups is 1. The lowest BCUT2D eigenvalue weighted by atomic mass is 9.78. The fraction of sp³-hybridized carbons (Fsp3) is 0.417. The molecule has 0 spiro atoms. The fourth-order valence-electron chi connectivity index (χ4n) is 3.15. The molecule has 5 nitrogen and oxygen atoms in total. The van der Waals surface area contributed by atoms with Gasteiger partial charge >= 0.3 is 0 Å². The molecule has 2 aromatic rings. The van der Waals surface area contributed by atoms with Gasteiger partial charge in [-0.15, -0.1) is 0 Å². The molecule has 2 rings (SSSR count). The van der Waals surface area contributed by atoms with Crippen LogP contribution in [0.25, 0.3) is 0 Å². The molecule has 0 aliphatic carbocycles. The van der Waals surface area contributed by atoms with Gasteiger partial charge in [0.25, 0.3) is 0 Å². The van der Waals surface area contributed by atoms with E-state index in [1.54, 1.807) is 0 Å². The molecule has 0 atom stereocenters. The van der Waals surface area contributed by atoms with E-state index in [4.69, 9.17) is 23.2 Å². The minimum Gasteiger partial charge on any atom is -0.507 e. The summed E-state index contributed by atoms with van der Waals surface area (Å²) in [5.41, 5.74) is 5.00. The zero-order valence-corrected chi connectivity index (χ0v) is 20.3. The molecule has 31 heavy (non-hydrogen) atoms. The normalized spacial score (nSPS) is 12.4. The summed E-state index contributed by atoms with van der Waals surface area (Å²) in [6.07, 6.45) is 2.01. The topological polar surface area (TPSA) is 81.9 Å². The van der Waals surface area contributed by atoms with Crippen molar-refractivity contribution in [2.45, 2.75) is 65.2 Å². The average molecular weight is 465 g/mol. The Morgan fingerprint density at radius 2 is 1.52 bits per heavy atom. The van der Waals surface area contributed by atoms with Gasteiger partial charge in [0.15, 0.2) is 0 Å². The third-order valence-electron chi connectivity index (χ3n) is 4.88. The molecule has 7 heteroatoms. The summed E-state index contributed by atoms with van der Waals surface area (Å²) in [6.45, 7) is 12.3. The Balaban J connectivity index is 2.13. The van der Waals surface area contributed by atoms with Crippen LogP contribution in [-0.2, 0) is 22.0 Å². The highest BCUT2D eigenvalue weighted by Crippen LogP contribution is 2.40. The van der Waals surface area contributed by atoms with Crippen molar-refractivity contribution >= 4 is 35.3 Å². The van der Waals surface area contributed by atoms with Gasteiger partial charge in [0.2, 0.25) is 5.91 Å². The number of hydrazone groups is 1. The Morgan fingerprint density at radius 3 is 2.03 bits per heavy atom. The predicted octanol–water partition coefficient (Wildman–Crippen LogP) is 6.08. The molecule has 0 unspecified atom stereocenters. The standard InChI is InChI=1S/C24H30Cl2N2O3/c1-23(2,3)17-9-14(10-18(22(17)31)24(4,5)6)7-8-20(29)28-27-13-15-11-16(25)12-19(26)21(15)30/h9-13,30-31H,7-8H2,1-6H3,(H,28,29)/b27-13-. The molecular weight excluding hydrogens is 435 g/mol. The van der Waals surface area contributed by atoms with Crippen LogP contribution in [0.2, 0.25) is 10.0 Å². The van der Waals surface area contributed by atoms with Crippen LogP contribution >= 0.6 is 23.2 Å². The van der Waals surface area contributed by atoms with E-state index in [0.29, 0.717) is 22.8 Å². The van der Waals surface area contributed by atoms with Gasteiger partial charge < -0.3 is 10.2 Å². The van der Waals surface area contributed by atoms with Gasteiger partial charge in [0.05, 0.1) is 11.2 Å². The summed E-state index contributed by atoms with van der Waals surface area (Å²) in [4.78, 5) is 12.3. The highest BCUT2D eigenvalue weighted by molar-refractivity contribution is 6.36. The number of rotatable bonds is 5. The summed E-state index contributed by atoms with van der Waals surface area (Å²) >= 11 is 11.8. The zero-order chi connectivity index (χ0) is 23.6. The van der Waals surface area contributed by atoms with E-state index >= 15 is 0 Å². The molecule has 2 aromatic carbocycles. The number of carbonyl (C=O) groups excluding carboxylic acids is 1. The zero-order valence-electron chi connectivity index (χ0n) is 18.8. The van der Waals surface area contributed by atoms with Crippen LogP contribution in [0.3, 0.4) is 0 Å². The first-order chi connectivity index (χ1) is 14.2. The number of hydrogen-bond acceptors (Lipinski definition) is 4. The van der Waals surface area contributed by atoms with Crippen LogP contribution in [0, 0.1) is 0 Å². The summed E-state index contributed by atoms with van der Waals surface area (Å²) in [7, 11) is 0. The first-order valence-electron chi connectivity index (χ1n) is 10.1. The van der Waals surface area contributed by atoms with Gasteiger partial charge in [-0.2, -0.15) is 5.10 Å². The average Bonchev–Trinajstić information content (AvgIpc) is 2.62. The molecule has 0 aromatic heterocycles. The summed E-state index contributed by atoms with van der Waals surface area (Å²) in [5, 5.41) is 25.1. The van der Waals surface area contributed by atoms with Gasteiger partial charge in [-0.05, 0) is 46.1 Å². The van der Waals surface area contributed by atoms with Crippen molar-refractivity contribution in [3.8, 4) is 11.5 Å². The summed E-state index contributed by atoms with van der Waals surface area (Å²) < 4.78 is 0. The second-order valence-corrected chi connectivity index (χ2v) is 10.5. The molecule has 0 bridgehead atoms. The summed E-state index contributed by atoms with van der Waals surface area (Å²) in [5.74, 6) is -0.109. The number of hydrogen-bond donors (Lipinski definition) is 3. The van der Waals surface area contributed by atoms with Crippen LogP contribution in [-0.4, -0.2) is 22.3 Å². The summed E-state index contributed by atoms with van der Waals surface area (Å²) in [6, 6.07) is 6.85. The van der Waals surface area contributed by atoms with Gasteiger partial charge in [-0.1, -0.05) is 76.9 Å². The number of phenolic OH excluding ortho intramolecular Hbond substituents is 2. The van der Waals surface area contributed by atoms with Crippen molar-refractivity contribution in [2.24, 2.45) is 5.10 Å². The van der Waals surface area contributed by atoms with Crippen molar-refractivity contribution in [3.63, 3.8) is 0 Å². The Morgan fingerprint density at radius 1 is 0.968 bits per heavy atom. The minimum atomic E-state index is -0.272. The van der Waals surface area contributed by atoms with Crippen LogP contribution < -0.4 is 5.43 Å². The number of phenols is 2. The number of aryl methyl sites for hydroxylation is 1. The number of amides is 1. The van der Waals surface area contributed by atoms with Crippen molar-refractivity contribution < 1.29 is 15.0 Å². The number of aromatic hydroxyl groups is 2. The molecule has 1 amide bonds. The van der Waals surface area contributed by atoms with E-state index < -0.39 is 0 Å². The lowest BCUT2D eigenvalue weighted by Crippen LogP contribution is -2.20. The first-order valence-corrected chi connectivity index (χ1v) is 10.8. The Labute approximate surface area is 194 Å². The van der Waals surface area contributed by atoms with Crippen LogP contribution in [0.5, 0.6) is 11.5 Å². The van der Waals surface area contributed by atoms with E-state index in [2.05, 4.69) is 52.1 Å².